The Morgan fingerprint density at radius 2 is 1.46 bits per heavy atom. The molecule has 0 radical (unpaired) electrons. The molecule has 2 aliphatic heterocycles. The van der Waals surface area contributed by atoms with Gasteiger partial charge in [-0.1, -0.05) is 26.0 Å². The average molecular weight is 358 g/mol. The largest absolute Gasteiger partial charge is 0.369 e. The second kappa shape index (κ2) is 9.23. The Balaban J connectivity index is 1.37. The van der Waals surface area contributed by atoms with Crippen molar-refractivity contribution in [3.8, 4) is 0 Å². The highest BCUT2D eigenvalue weighted by molar-refractivity contribution is 5.48. The molecule has 1 aromatic rings. The molecule has 0 amide bonds. The number of piperazine rings is 1. The molecule has 146 valence electrons. The zero-order valence-corrected chi connectivity index (χ0v) is 17.5. The topological polar surface area (TPSA) is 9.72 Å². The summed E-state index contributed by atoms with van der Waals surface area (Å²) in [7, 11) is 0. The quantitative estimate of drug-likeness (QED) is 0.745. The normalized spacial score (nSPS) is 21.1. The van der Waals surface area contributed by atoms with E-state index in [-0.39, 0.29) is 0 Å². The van der Waals surface area contributed by atoms with Crippen molar-refractivity contribution in [2.75, 3.05) is 50.7 Å². The molecule has 0 unspecified atom stereocenters. The van der Waals surface area contributed by atoms with Crippen LogP contribution in [0.25, 0.3) is 0 Å². The zero-order chi connectivity index (χ0) is 18.5. The van der Waals surface area contributed by atoms with Crippen molar-refractivity contribution < 1.29 is 0 Å². The van der Waals surface area contributed by atoms with Gasteiger partial charge in [-0.25, -0.2) is 0 Å². The van der Waals surface area contributed by atoms with Gasteiger partial charge in [0.05, 0.1) is 0 Å². The molecule has 2 heterocycles. The molecule has 0 bridgehead atoms. The standard InChI is InChI=1S/C23H39N3/c1-19(2)22-5-7-23(8-6-22)26-17-15-24(16-18-26)12-9-21-10-13-25(14-11-21)20(3)4/h5-8,19-21H,9-18H2,1-4H3. The van der Waals surface area contributed by atoms with Gasteiger partial charge in [-0.15, -0.1) is 0 Å². The summed E-state index contributed by atoms with van der Waals surface area (Å²) in [6, 6.07) is 9.95. The number of hydrogen-bond acceptors (Lipinski definition) is 3. The lowest BCUT2D eigenvalue weighted by molar-refractivity contribution is 0.135. The summed E-state index contributed by atoms with van der Waals surface area (Å²) in [5.74, 6) is 1.57. The number of hydrogen-bond donors (Lipinski definition) is 0. The van der Waals surface area contributed by atoms with E-state index in [9.17, 15) is 0 Å². The molecule has 3 rings (SSSR count). The molecule has 0 aliphatic carbocycles. The predicted octanol–water partition coefficient (Wildman–Crippen LogP) is 4.44. The minimum atomic E-state index is 0.619. The van der Waals surface area contributed by atoms with Crippen LogP contribution in [-0.4, -0.2) is 61.7 Å². The molecule has 3 heteroatoms. The van der Waals surface area contributed by atoms with Crippen LogP contribution < -0.4 is 4.90 Å². The Morgan fingerprint density at radius 1 is 0.846 bits per heavy atom. The van der Waals surface area contributed by atoms with E-state index in [1.807, 2.05) is 0 Å². The summed E-state index contributed by atoms with van der Waals surface area (Å²) < 4.78 is 0. The van der Waals surface area contributed by atoms with Crippen LogP contribution in [0.4, 0.5) is 5.69 Å². The number of anilines is 1. The third-order valence-corrected chi connectivity index (χ3v) is 6.53. The number of benzene rings is 1. The third-order valence-electron chi connectivity index (χ3n) is 6.53. The predicted molar refractivity (Wildman–Crippen MR) is 113 cm³/mol. The van der Waals surface area contributed by atoms with E-state index < -0.39 is 0 Å². The Labute approximate surface area is 161 Å². The number of piperidine rings is 1. The van der Waals surface area contributed by atoms with Crippen LogP contribution in [-0.2, 0) is 0 Å². The van der Waals surface area contributed by atoms with Crippen molar-refractivity contribution in [3.63, 3.8) is 0 Å². The molecular weight excluding hydrogens is 318 g/mol. The summed E-state index contributed by atoms with van der Waals surface area (Å²) in [4.78, 5) is 7.88. The average Bonchev–Trinajstić information content (AvgIpc) is 2.67. The lowest BCUT2D eigenvalue weighted by Crippen LogP contribution is -2.47. The molecule has 26 heavy (non-hydrogen) atoms. The van der Waals surface area contributed by atoms with Crippen LogP contribution in [0.3, 0.4) is 0 Å². The van der Waals surface area contributed by atoms with E-state index in [0.29, 0.717) is 5.92 Å². The van der Waals surface area contributed by atoms with Crippen molar-refractivity contribution in [2.24, 2.45) is 5.92 Å². The first kappa shape index (κ1) is 19.7. The second-order valence-corrected chi connectivity index (χ2v) is 8.94. The van der Waals surface area contributed by atoms with Crippen molar-refractivity contribution in [1.29, 1.82) is 0 Å². The molecule has 0 N–H and O–H groups in total. The van der Waals surface area contributed by atoms with Gasteiger partial charge in [-0.05, 0) is 82.3 Å². The van der Waals surface area contributed by atoms with Crippen molar-refractivity contribution in [2.45, 2.75) is 58.9 Å². The van der Waals surface area contributed by atoms with Crippen LogP contribution in [0.1, 0.15) is 58.4 Å². The number of nitrogens with zero attached hydrogens (tertiary/aromatic N) is 3. The minimum absolute atomic E-state index is 0.619. The number of rotatable bonds is 6. The van der Waals surface area contributed by atoms with Crippen LogP contribution in [0.2, 0.25) is 0 Å². The van der Waals surface area contributed by atoms with Crippen molar-refractivity contribution in [1.82, 2.24) is 9.80 Å². The SMILES string of the molecule is CC(C)c1ccc(N2CCN(CCC3CCN(C(C)C)CC3)CC2)cc1. The highest BCUT2D eigenvalue weighted by atomic mass is 15.3. The third kappa shape index (κ3) is 5.23. The Bertz CT molecular complexity index is 521. The van der Waals surface area contributed by atoms with E-state index in [2.05, 4.69) is 66.7 Å². The molecule has 0 aromatic heterocycles. The van der Waals surface area contributed by atoms with Crippen LogP contribution in [0.15, 0.2) is 24.3 Å². The molecule has 2 aliphatic rings. The van der Waals surface area contributed by atoms with Gasteiger partial charge >= 0.3 is 0 Å². The smallest absolute Gasteiger partial charge is 0.0367 e. The van der Waals surface area contributed by atoms with Gasteiger partial charge < -0.3 is 9.80 Å². The fourth-order valence-corrected chi connectivity index (χ4v) is 4.42. The fourth-order valence-electron chi connectivity index (χ4n) is 4.42. The molecule has 0 atom stereocenters. The maximum absolute atomic E-state index is 2.69. The molecular formula is C23H39N3. The maximum Gasteiger partial charge on any atom is 0.0367 e. The fraction of sp³-hybridized carbons (Fsp3) is 0.739. The van der Waals surface area contributed by atoms with Crippen molar-refractivity contribution >= 4 is 5.69 Å². The number of likely N-dealkylation sites (tertiary alicyclic amines) is 1. The van der Waals surface area contributed by atoms with Crippen LogP contribution in [0, 0.1) is 5.92 Å². The second-order valence-electron chi connectivity index (χ2n) is 8.94. The summed E-state index contributed by atoms with van der Waals surface area (Å²) >= 11 is 0. The van der Waals surface area contributed by atoms with Gasteiger partial charge in [0, 0.05) is 37.9 Å². The van der Waals surface area contributed by atoms with Crippen molar-refractivity contribution in [3.05, 3.63) is 29.8 Å². The molecule has 1 aromatic carbocycles. The summed E-state index contributed by atoms with van der Waals surface area (Å²) in [6.45, 7) is 17.9. The van der Waals surface area contributed by atoms with Gasteiger partial charge in [0.2, 0.25) is 0 Å². The van der Waals surface area contributed by atoms with Gasteiger partial charge in [-0.3, -0.25) is 4.90 Å². The minimum Gasteiger partial charge on any atom is -0.369 e. The molecule has 0 saturated carbocycles. The highest BCUT2D eigenvalue weighted by Crippen LogP contribution is 2.24. The molecule has 2 fully saturated rings. The lowest BCUT2D eigenvalue weighted by atomic mass is 9.92. The molecule has 2 saturated heterocycles. The lowest BCUT2D eigenvalue weighted by Gasteiger charge is -2.38. The van der Waals surface area contributed by atoms with Crippen LogP contribution in [0.5, 0.6) is 0 Å². The van der Waals surface area contributed by atoms with Gasteiger partial charge in [-0.2, -0.15) is 0 Å². The van der Waals surface area contributed by atoms with Gasteiger partial charge in [0.1, 0.15) is 0 Å². The summed E-state index contributed by atoms with van der Waals surface area (Å²) in [5, 5.41) is 0. The van der Waals surface area contributed by atoms with E-state index in [1.165, 1.54) is 76.3 Å². The van der Waals surface area contributed by atoms with Gasteiger partial charge in [0.15, 0.2) is 0 Å². The first-order valence-corrected chi connectivity index (χ1v) is 10.8. The highest BCUT2D eigenvalue weighted by Gasteiger charge is 2.22. The van der Waals surface area contributed by atoms with E-state index in [4.69, 9.17) is 0 Å². The zero-order valence-electron chi connectivity index (χ0n) is 17.5. The first-order valence-electron chi connectivity index (χ1n) is 10.8. The van der Waals surface area contributed by atoms with Gasteiger partial charge in [0.25, 0.3) is 0 Å². The Morgan fingerprint density at radius 3 is 2.00 bits per heavy atom. The summed E-state index contributed by atoms with van der Waals surface area (Å²) in [6.07, 6.45) is 4.20. The Kier molecular flexibility index (Phi) is 6.99. The summed E-state index contributed by atoms with van der Waals surface area (Å²) in [5.41, 5.74) is 2.84. The van der Waals surface area contributed by atoms with E-state index >= 15 is 0 Å². The monoisotopic (exact) mass is 357 g/mol. The molecule has 0 spiro atoms. The Hall–Kier alpha value is -1.06. The van der Waals surface area contributed by atoms with E-state index in [1.54, 1.807) is 0 Å². The van der Waals surface area contributed by atoms with Crippen LogP contribution >= 0.6 is 0 Å². The first-order chi connectivity index (χ1) is 12.5. The maximum atomic E-state index is 2.69. The van der Waals surface area contributed by atoms with E-state index in [0.717, 1.165) is 12.0 Å². The molecule has 3 nitrogen and oxygen atoms in total.